The van der Waals surface area contributed by atoms with Crippen molar-refractivity contribution in [2.45, 2.75) is 55.9 Å². The summed E-state index contributed by atoms with van der Waals surface area (Å²) in [6, 6.07) is 7.95. The van der Waals surface area contributed by atoms with E-state index in [1.807, 2.05) is 31.2 Å². The molecule has 4 bridgehead atoms. The zero-order valence-corrected chi connectivity index (χ0v) is 16.1. The molecule has 0 aliphatic heterocycles. The van der Waals surface area contributed by atoms with Crippen LogP contribution in [0.3, 0.4) is 0 Å². The molecule has 140 valence electrons. The second kappa shape index (κ2) is 7.26. The summed E-state index contributed by atoms with van der Waals surface area (Å²) >= 11 is 1.46. The highest BCUT2D eigenvalue weighted by molar-refractivity contribution is 8.00. The molecule has 4 fully saturated rings. The Labute approximate surface area is 159 Å². The minimum absolute atomic E-state index is 0.0197. The fourth-order valence-corrected chi connectivity index (χ4v) is 6.47. The van der Waals surface area contributed by atoms with Crippen LogP contribution in [0.5, 0.6) is 0 Å². The van der Waals surface area contributed by atoms with Crippen molar-refractivity contribution in [1.82, 2.24) is 5.32 Å². The van der Waals surface area contributed by atoms with E-state index < -0.39 is 0 Å². The molecular weight excluding hydrogens is 346 g/mol. The van der Waals surface area contributed by atoms with Crippen LogP contribution in [0.25, 0.3) is 0 Å². The van der Waals surface area contributed by atoms with Crippen LogP contribution in [-0.2, 0) is 14.3 Å². The Balaban J connectivity index is 1.23. The molecule has 4 aliphatic carbocycles. The quantitative estimate of drug-likeness (QED) is 0.610. The molecule has 0 spiro atoms. The SMILES string of the molecule is Cc1ccccc1SCC(=O)OCC(=O)NC12CC3CC(CC(C3)C1)C2. The number of amides is 1. The Hall–Kier alpha value is -1.49. The van der Waals surface area contributed by atoms with E-state index in [0.717, 1.165) is 47.5 Å². The lowest BCUT2D eigenvalue weighted by atomic mass is 9.53. The van der Waals surface area contributed by atoms with Crippen LogP contribution < -0.4 is 5.32 Å². The number of aryl methyl sites for hydroxylation is 1. The number of esters is 1. The van der Waals surface area contributed by atoms with Gasteiger partial charge in [-0.15, -0.1) is 11.8 Å². The summed E-state index contributed by atoms with van der Waals surface area (Å²) in [5, 5.41) is 3.24. The number of benzene rings is 1. The van der Waals surface area contributed by atoms with E-state index in [1.54, 1.807) is 0 Å². The van der Waals surface area contributed by atoms with Crippen LogP contribution in [0.4, 0.5) is 0 Å². The zero-order valence-electron chi connectivity index (χ0n) is 15.3. The highest BCUT2D eigenvalue weighted by Crippen LogP contribution is 2.55. The second-order valence-corrected chi connectivity index (χ2v) is 9.48. The summed E-state index contributed by atoms with van der Waals surface area (Å²) < 4.78 is 5.21. The van der Waals surface area contributed by atoms with Crippen molar-refractivity contribution in [1.29, 1.82) is 0 Å². The number of rotatable bonds is 6. The lowest BCUT2D eigenvalue weighted by Crippen LogP contribution is -2.60. The van der Waals surface area contributed by atoms with E-state index in [-0.39, 0.29) is 29.8 Å². The first-order valence-corrected chi connectivity index (χ1v) is 10.6. The third-order valence-electron chi connectivity index (χ3n) is 6.25. The van der Waals surface area contributed by atoms with Gasteiger partial charge in [0.2, 0.25) is 0 Å². The lowest BCUT2D eigenvalue weighted by Gasteiger charge is -2.56. The zero-order chi connectivity index (χ0) is 18.1. The Morgan fingerprint density at radius 3 is 2.35 bits per heavy atom. The van der Waals surface area contributed by atoms with Crippen LogP contribution in [-0.4, -0.2) is 29.8 Å². The number of ether oxygens (including phenoxy) is 1. The molecule has 0 unspecified atom stereocenters. The van der Waals surface area contributed by atoms with Crippen LogP contribution in [0.2, 0.25) is 0 Å². The minimum Gasteiger partial charge on any atom is -0.455 e. The molecule has 0 heterocycles. The molecule has 4 nitrogen and oxygen atoms in total. The first-order valence-electron chi connectivity index (χ1n) is 9.66. The van der Waals surface area contributed by atoms with Gasteiger partial charge in [0.15, 0.2) is 6.61 Å². The van der Waals surface area contributed by atoms with Gasteiger partial charge in [-0.2, -0.15) is 0 Å². The van der Waals surface area contributed by atoms with Crippen LogP contribution in [0.15, 0.2) is 29.2 Å². The third kappa shape index (κ3) is 3.93. The summed E-state index contributed by atoms with van der Waals surface area (Å²) in [4.78, 5) is 25.4. The van der Waals surface area contributed by atoms with Crippen molar-refractivity contribution >= 4 is 23.6 Å². The van der Waals surface area contributed by atoms with E-state index in [9.17, 15) is 9.59 Å². The van der Waals surface area contributed by atoms with E-state index in [4.69, 9.17) is 4.74 Å². The third-order valence-corrected chi connectivity index (χ3v) is 7.40. The molecule has 1 aromatic rings. The van der Waals surface area contributed by atoms with Gasteiger partial charge in [0, 0.05) is 10.4 Å². The predicted molar refractivity (Wildman–Crippen MR) is 102 cm³/mol. The summed E-state index contributed by atoms with van der Waals surface area (Å²) in [6.45, 7) is 1.86. The van der Waals surface area contributed by atoms with Crippen molar-refractivity contribution in [2.75, 3.05) is 12.4 Å². The molecule has 1 aromatic carbocycles. The summed E-state index contributed by atoms with van der Waals surface area (Å²) in [5.74, 6) is 2.12. The molecular formula is C21H27NO3S. The fourth-order valence-electron chi connectivity index (χ4n) is 5.64. The monoisotopic (exact) mass is 373 g/mol. The number of nitrogens with one attached hydrogen (secondary N) is 1. The van der Waals surface area contributed by atoms with Gasteiger partial charge in [-0.3, -0.25) is 9.59 Å². The molecule has 0 radical (unpaired) electrons. The maximum atomic E-state index is 12.4. The molecule has 5 rings (SSSR count). The standard InChI is InChI=1S/C21H27NO3S/c1-14-4-2-3-5-18(14)26-13-20(24)25-12-19(23)22-21-9-15-6-16(10-21)8-17(7-15)11-21/h2-5,15-17H,6-13H2,1H3,(H,22,23). The van der Waals surface area contributed by atoms with Crippen molar-refractivity contribution in [2.24, 2.45) is 17.8 Å². The van der Waals surface area contributed by atoms with Gasteiger partial charge in [0.1, 0.15) is 0 Å². The van der Waals surface area contributed by atoms with E-state index in [0.29, 0.717) is 0 Å². The van der Waals surface area contributed by atoms with Crippen molar-refractivity contribution in [3.63, 3.8) is 0 Å². The molecule has 1 N–H and O–H groups in total. The average molecular weight is 374 g/mol. The second-order valence-electron chi connectivity index (χ2n) is 8.46. The highest BCUT2D eigenvalue weighted by Gasteiger charge is 2.51. The number of hydrogen-bond donors (Lipinski definition) is 1. The Bertz CT molecular complexity index is 667. The highest BCUT2D eigenvalue weighted by atomic mass is 32.2. The molecule has 0 saturated heterocycles. The van der Waals surface area contributed by atoms with Crippen LogP contribution in [0, 0.1) is 24.7 Å². The lowest BCUT2D eigenvalue weighted by molar-refractivity contribution is -0.147. The van der Waals surface area contributed by atoms with Gasteiger partial charge in [0.25, 0.3) is 5.91 Å². The molecule has 4 aliphatic rings. The van der Waals surface area contributed by atoms with Gasteiger partial charge in [-0.05, 0) is 74.8 Å². The topological polar surface area (TPSA) is 55.4 Å². The normalized spacial score (nSPS) is 31.7. The van der Waals surface area contributed by atoms with Crippen molar-refractivity contribution in [3.05, 3.63) is 29.8 Å². The van der Waals surface area contributed by atoms with Gasteiger partial charge < -0.3 is 10.1 Å². The largest absolute Gasteiger partial charge is 0.455 e. The Morgan fingerprint density at radius 1 is 1.12 bits per heavy atom. The molecule has 5 heteroatoms. The van der Waals surface area contributed by atoms with Crippen molar-refractivity contribution in [3.8, 4) is 0 Å². The van der Waals surface area contributed by atoms with E-state index in [1.165, 1.54) is 31.0 Å². The molecule has 1 amide bonds. The van der Waals surface area contributed by atoms with E-state index in [2.05, 4.69) is 5.32 Å². The van der Waals surface area contributed by atoms with E-state index >= 15 is 0 Å². The number of hydrogen-bond acceptors (Lipinski definition) is 4. The Morgan fingerprint density at radius 2 is 1.73 bits per heavy atom. The van der Waals surface area contributed by atoms with Gasteiger partial charge in [-0.25, -0.2) is 0 Å². The van der Waals surface area contributed by atoms with Crippen LogP contribution >= 0.6 is 11.8 Å². The Kier molecular flexibility index (Phi) is 5.00. The maximum absolute atomic E-state index is 12.4. The molecule has 0 aromatic heterocycles. The number of thioether (sulfide) groups is 1. The average Bonchev–Trinajstić information content (AvgIpc) is 2.57. The maximum Gasteiger partial charge on any atom is 0.316 e. The van der Waals surface area contributed by atoms with Crippen LogP contribution in [0.1, 0.15) is 44.1 Å². The molecule has 0 atom stereocenters. The first kappa shape index (κ1) is 17.9. The molecule has 4 saturated carbocycles. The van der Waals surface area contributed by atoms with Crippen molar-refractivity contribution < 1.29 is 14.3 Å². The first-order chi connectivity index (χ1) is 12.5. The number of carbonyl (C=O) groups excluding carboxylic acids is 2. The minimum atomic E-state index is -0.334. The van der Waals surface area contributed by atoms with Gasteiger partial charge in [-0.1, -0.05) is 18.2 Å². The van der Waals surface area contributed by atoms with Gasteiger partial charge >= 0.3 is 5.97 Å². The smallest absolute Gasteiger partial charge is 0.316 e. The summed E-state index contributed by atoms with van der Waals surface area (Å²) in [5.41, 5.74) is 1.12. The summed E-state index contributed by atoms with van der Waals surface area (Å²) in [7, 11) is 0. The summed E-state index contributed by atoms with van der Waals surface area (Å²) in [6.07, 6.45) is 7.38. The molecule has 26 heavy (non-hydrogen) atoms. The van der Waals surface area contributed by atoms with Gasteiger partial charge in [0.05, 0.1) is 5.75 Å². The predicted octanol–water partition coefficient (Wildman–Crippen LogP) is 3.72. The fraction of sp³-hybridized carbons (Fsp3) is 0.619. The number of carbonyl (C=O) groups is 2.